The third-order valence-electron chi connectivity index (χ3n) is 5.06. The lowest BCUT2D eigenvalue weighted by atomic mass is 9.92. The fourth-order valence-electron chi connectivity index (χ4n) is 3.30. The maximum atomic E-state index is 13.1. The van der Waals surface area contributed by atoms with Crippen molar-refractivity contribution < 1.29 is 22.4 Å². The van der Waals surface area contributed by atoms with Crippen molar-refractivity contribution in [3.8, 4) is 11.5 Å². The van der Waals surface area contributed by atoms with E-state index in [1.807, 2.05) is 0 Å². The SMILES string of the molecule is CC1(c2ccc(S(C)(=O)=O)cc2)NC(=O)N(Cc2nnc(-c3ccc(Cl)cc3Cl)o2)C1=O. The first kappa shape index (κ1) is 22.3. The van der Waals surface area contributed by atoms with Crippen molar-refractivity contribution in [3.63, 3.8) is 0 Å². The Hall–Kier alpha value is -2.95. The van der Waals surface area contributed by atoms with Gasteiger partial charge in [0.25, 0.3) is 5.91 Å². The van der Waals surface area contributed by atoms with Gasteiger partial charge in [-0.1, -0.05) is 35.3 Å². The fraction of sp³-hybridized carbons (Fsp3) is 0.200. The van der Waals surface area contributed by atoms with Gasteiger partial charge >= 0.3 is 6.03 Å². The molecule has 1 aliphatic heterocycles. The molecule has 1 saturated heterocycles. The van der Waals surface area contributed by atoms with Gasteiger partial charge in [-0.3, -0.25) is 9.69 Å². The number of carbonyl (C=O) groups excluding carboxylic acids is 2. The second-order valence-corrected chi connectivity index (χ2v) is 10.2. The number of aromatic nitrogens is 2. The van der Waals surface area contributed by atoms with Crippen molar-refractivity contribution in [3.05, 3.63) is 64.0 Å². The molecule has 0 spiro atoms. The smallest absolute Gasteiger partial charge is 0.325 e. The van der Waals surface area contributed by atoms with Crippen LogP contribution in [0.2, 0.25) is 10.0 Å². The van der Waals surface area contributed by atoms with E-state index in [0.29, 0.717) is 21.2 Å². The molecule has 2 aromatic carbocycles. The first-order chi connectivity index (χ1) is 15.0. The second-order valence-electron chi connectivity index (χ2n) is 7.37. The normalized spacial score (nSPS) is 18.8. The minimum absolute atomic E-state index is 0.0335. The number of nitrogens with zero attached hydrogens (tertiary/aromatic N) is 3. The largest absolute Gasteiger partial charge is 0.419 e. The second kappa shape index (κ2) is 7.88. The van der Waals surface area contributed by atoms with Crippen molar-refractivity contribution >= 4 is 45.0 Å². The number of hydrogen-bond donors (Lipinski definition) is 1. The topological polar surface area (TPSA) is 122 Å². The van der Waals surface area contributed by atoms with Gasteiger partial charge in [0.05, 0.1) is 15.5 Å². The van der Waals surface area contributed by atoms with E-state index < -0.39 is 27.3 Å². The van der Waals surface area contributed by atoms with Gasteiger partial charge in [-0.05, 0) is 42.8 Å². The van der Waals surface area contributed by atoms with E-state index in [1.54, 1.807) is 12.1 Å². The van der Waals surface area contributed by atoms with Crippen LogP contribution in [-0.4, -0.2) is 41.7 Å². The molecule has 0 radical (unpaired) electrons. The summed E-state index contributed by atoms with van der Waals surface area (Å²) in [5.74, 6) is -0.391. The van der Waals surface area contributed by atoms with Crippen LogP contribution in [0.3, 0.4) is 0 Å². The van der Waals surface area contributed by atoms with Crippen LogP contribution in [0.15, 0.2) is 51.8 Å². The molecule has 1 fully saturated rings. The number of sulfone groups is 1. The van der Waals surface area contributed by atoms with Gasteiger partial charge < -0.3 is 9.73 Å². The number of imide groups is 1. The van der Waals surface area contributed by atoms with E-state index in [9.17, 15) is 18.0 Å². The summed E-state index contributed by atoms with van der Waals surface area (Å²) in [5.41, 5.74) is -0.483. The summed E-state index contributed by atoms with van der Waals surface area (Å²) in [4.78, 5) is 26.7. The minimum atomic E-state index is -3.39. The van der Waals surface area contributed by atoms with Crippen molar-refractivity contribution in [2.75, 3.05) is 6.26 Å². The van der Waals surface area contributed by atoms with Gasteiger partial charge in [0.1, 0.15) is 12.1 Å². The van der Waals surface area contributed by atoms with Crippen molar-refractivity contribution in [1.29, 1.82) is 0 Å². The fourth-order valence-corrected chi connectivity index (χ4v) is 4.42. The zero-order valence-electron chi connectivity index (χ0n) is 16.8. The van der Waals surface area contributed by atoms with E-state index in [0.717, 1.165) is 11.2 Å². The number of carbonyl (C=O) groups is 2. The van der Waals surface area contributed by atoms with Crippen molar-refractivity contribution in [2.45, 2.75) is 23.9 Å². The van der Waals surface area contributed by atoms with Gasteiger partial charge in [0, 0.05) is 11.3 Å². The van der Waals surface area contributed by atoms with Crippen LogP contribution in [-0.2, 0) is 26.7 Å². The summed E-state index contributed by atoms with van der Waals surface area (Å²) in [5, 5.41) is 11.2. The molecule has 1 atom stereocenters. The Morgan fingerprint density at radius 1 is 1.09 bits per heavy atom. The zero-order valence-corrected chi connectivity index (χ0v) is 19.1. The molecular weight excluding hydrogens is 479 g/mol. The van der Waals surface area contributed by atoms with E-state index in [4.69, 9.17) is 27.6 Å². The maximum absolute atomic E-state index is 13.1. The van der Waals surface area contributed by atoms with E-state index >= 15 is 0 Å². The van der Waals surface area contributed by atoms with Crippen molar-refractivity contribution in [1.82, 2.24) is 20.4 Å². The molecule has 3 aromatic rings. The van der Waals surface area contributed by atoms with E-state index in [1.165, 1.54) is 37.3 Å². The molecule has 3 amide bonds. The van der Waals surface area contributed by atoms with Crippen LogP contribution in [0.25, 0.3) is 11.5 Å². The van der Waals surface area contributed by atoms with Gasteiger partial charge in [0.2, 0.25) is 11.8 Å². The van der Waals surface area contributed by atoms with Gasteiger partial charge in [-0.15, -0.1) is 10.2 Å². The highest BCUT2D eigenvalue weighted by Gasteiger charge is 2.49. The Morgan fingerprint density at radius 2 is 1.78 bits per heavy atom. The Bertz CT molecular complexity index is 1340. The quantitative estimate of drug-likeness (QED) is 0.539. The summed E-state index contributed by atoms with van der Waals surface area (Å²) in [7, 11) is -3.39. The number of urea groups is 1. The highest BCUT2D eigenvalue weighted by molar-refractivity contribution is 7.90. The molecule has 0 aliphatic carbocycles. The molecule has 0 saturated carbocycles. The number of rotatable bonds is 5. The minimum Gasteiger partial charge on any atom is -0.419 e. The first-order valence-corrected chi connectivity index (χ1v) is 11.9. The lowest BCUT2D eigenvalue weighted by Gasteiger charge is -2.22. The predicted molar refractivity (Wildman–Crippen MR) is 116 cm³/mol. The number of halogens is 2. The molecule has 9 nitrogen and oxygen atoms in total. The number of nitrogens with one attached hydrogen (secondary N) is 1. The summed E-state index contributed by atoms with van der Waals surface area (Å²) < 4.78 is 28.9. The summed E-state index contributed by atoms with van der Waals surface area (Å²) in [6.07, 6.45) is 1.09. The lowest BCUT2D eigenvalue weighted by molar-refractivity contribution is -0.131. The molecule has 4 rings (SSSR count). The Labute approximate surface area is 193 Å². The summed E-state index contributed by atoms with van der Waals surface area (Å²) in [6.45, 7) is 1.29. The predicted octanol–water partition coefficient (Wildman–Crippen LogP) is 3.41. The van der Waals surface area contributed by atoms with Gasteiger partial charge in [-0.25, -0.2) is 13.2 Å². The zero-order chi connectivity index (χ0) is 23.3. The number of amides is 3. The molecule has 1 aliphatic rings. The lowest BCUT2D eigenvalue weighted by Crippen LogP contribution is -2.40. The molecule has 1 unspecified atom stereocenters. The first-order valence-electron chi connectivity index (χ1n) is 9.21. The third kappa shape index (κ3) is 3.96. The van der Waals surface area contributed by atoms with Gasteiger partial charge in [0.15, 0.2) is 9.84 Å². The van der Waals surface area contributed by atoms with Crippen LogP contribution in [0.5, 0.6) is 0 Å². The molecule has 1 N–H and O–H groups in total. The Morgan fingerprint density at radius 3 is 2.41 bits per heavy atom. The number of hydrogen-bond acceptors (Lipinski definition) is 7. The molecule has 2 heterocycles. The van der Waals surface area contributed by atoms with E-state index in [-0.39, 0.29) is 23.2 Å². The monoisotopic (exact) mass is 494 g/mol. The summed E-state index contributed by atoms with van der Waals surface area (Å²) >= 11 is 12.0. The molecular formula is C20H16Cl2N4O5S. The molecule has 32 heavy (non-hydrogen) atoms. The van der Waals surface area contributed by atoms with Crippen LogP contribution < -0.4 is 5.32 Å². The molecule has 0 bridgehead atoms. The molecule has 1 aromatic heterocycles. The summed E-state index contributed by atoms with van der Waals surface area (Å²) in [6, 6.07) is 9.87. The molecule has 12 heteroatoms. The van der Waals surface area contributed by atoms with E-state index in [2.05, 4.69) is 15.5 Å². The Balaban J connectivity index is 1.57. The standard InChI is InChI=1S/C20H16Cl2N4O5S/c1-20(11-3-6-13(7-4-11)32(2,29)30)18(27)26(19(28)23-20)10-16-24-25-17(31-16)14-8-5-12(21)9-15(14)22/h3-9H,10H2,1-2H3,(H,23,28). The molecule has 166 valence electrons. The van der Waals surface area contributed by atoms with Gasteiger partial charge in [-0.2, -0.15) is 0 Å². The van der Waals surface area contributed by atoms with Crippen LogP contribution in [0, 0.1) is 0 Å². The average Bonchev–Trinajstić information content (AvgIpc) is 3.26. The maximum Gasteiger partial charge on any atom is 0.325 e. The third-order valence-corrected chi connectivity index (χ3v) is 6.73. The van der Waals surface area contributed by atoms with Crippen LogP contribution >= 0.6 is 23.2 Å². The highest BCUT2D eigenvalue weighted by atomic mass is 35.5. The Kier molecular flexibility index (Phi) is 5.48. The van der Waals surface area contributed by atoms with Crippen molar-refractivity contribution in [2.24, 2.45) is 0 Å². The number of benzene rings is 2. The van der Waals surface area contributed by atoms with Crippen LogP contribution in [0.4, 0.5) is 4.79 Å². The van der Waals surface area contributed by atoms with Crippen LogP contribution in [0.1, 0.15) is 18.4 Å². The highest BCUT2D eigenvalue weighted by Crippen LogP contribution is 2.32. The average molecular weight is 495 g/mol.